The standard InChI is InChI=1S/C27H25ClN4O3/c1-17(33)31(11-4-5-18-8-9-19-6-2-3-7-20(19)13-18)15-21-14-23(25(35)24(21)34)32-12-10-22-26(28)29-16-30-27(22)32/h2-3,6-10,12-13,16,21,23-25,34-35H,11,14-15H2,1H3/t21-,23-,24-,25+/m1/s1. The van der Waals surface area contributed by atoms with E-state index in [0.29, 0.717) is 29.2 Å². The van der Waals surface area contributed by atoms with Crippen molar-refractivity contribution in [3.8, 4) is 11.8 Å². The Labute approximate surface area is 208 Å². The van der Waals surface area contributed by atoms with Gasteiger partial charge >= 0.3 is 0 Å². The van der Waals surface area contributed by atoms with Crippen molar-refractivity contribution in [2.24, 2.45) is 5.92 Å². The number of aromatic nitrogens is 3. The zero-order chi connectivity index (χ0) is 24.5. The molecule has 2 heterocycles. The quantitative estimate of drug-likeness (QED) is 0.339. The molecule has 1 aliphatic carbocycles. The molecule has 0 radical (unpaired) electrons. The Balaban J connectivity index is 1.30. The van der Waals surface area contributed by atoms with Crippen molar-refractivity contribution >= 4 is 39.3 Å². The van der Waals surface area contributed by atoms with E-state index in [1.807, 2.05) is 41.0 Å². The molecule has 1 fully saturated rings. The minimum atomic E-state index is -0.998. The second-order valence-corrected chi connectivity index (χ2v) is 9.29. The maximum absolute atomic E-state index is 12.3. The minimum absolute atomic E-state index is 0.131. The maximum atomic E-state index is 12.3. The van der Waals surface area contributed by atoms with Crippen LogP contribution in [0.15, 0.2) is 61.1 Å². The van der Waals surface area contributed by atoms with E-state index >= 15 is 0 Å². The highest BCUT2D eigenvalue weighted by atomic mass is 35.5. The van der Waals surface area contributed by atoms with Gasteiger partial charge in [0.25, 0.3) is 0 Å². The summed E-state index contributed by atoms with van der Waals surface area (Å²) < 4.78 is 1.83. The number of carbonyl (C=O) groups is 1. The molecular formula is C27H25ClN4O3. The highest BCUT2D eigenvalue weighted by Gasteiger charge is 2.43. The van der Waals surface area contributed by atoms with E-state index in [2.05, 4.69) is 27.9 Å². The predicted octanol–water partition coefficient (Wildman–Crippen LogP) is 3.42. The van der Waals surface area contributed by atoms with Gasteiger partial charge in [-0.1, -0.05) is 53.8 Å². The van der Waals surface area contributed by atoms with Gasteiger partial charge in [0.05, 0.1) is 24.1 Å². The van der Waals surface area contributed by atoms with Crippen LogP contribution in [0.5, 0.6) is 0 Å². The lowest BCUT2D eigenvalue weighted by Gasteiger charge is -2.24. The third-order valence-corrected chi connectivity index (χ3v) is 7.04. The van der Waals surface area contributed by atoms with Crippen LogP contribution in [0.1, 0.15) is 24.9 Å². The predicted molar refractivity (Wildman–Crippen MR) is 135 cm³/mol. The van der Waals surface area contributed by atoms with Crippen LogP contribution in [-0.4, -0.2) is 60.9 Å². The van der Waals surface area contributed by atoms with E-state index in [0.717, 1.165) is 16.3 Å². The first-order valence-corrected chi connectivity index (χ1v) is 11.9. The van der Waals surface area contributed by atoms with Gasteiger partial charge in [-0.05, 0) is 35.4 Å². The summed E-state index contributed by atoms with van der Waals surface area (Å²) in [5, 5.41) is 24.9. The summed E-state index contributed by atoms with van der Waals surface area (Å²) in [6.07, 6.45) is 1.68. The molecule has 1 aliphatic rings. The van der Waals surface area contributed by atoms with Crippen molar-refractivity contribution in [1.82, 2.24) is 19.4 Å². The molecule has 5 rings (SSSR count). The van der Waals surface area contributed by atoms with Crippen LogP contribution < -0.4 is 0 Å². The molecule has 0 aliphatic heterocycles. The highest BCUT2D eigenvalue weighted by molar-refractivity contribution is 6.33. The SMILES string of the molecule is CC(=O)N(CC#Cc1ccc2ccccc2c1)C[C@H]1C[C@@H](n2ccc3c(Cl)ncnc32)[C@H](O)[C@@H]1O. The summed E-state index contributed by atoms with van der Waals surface area (Å²) in [5.41, 5.74) is 1.48. The largest absolute Gasteiger partial charge is 0.390 e. The molecule has 1 amide bonds. The molecule has 2 aromatic carbocycles. The van der Waals surface area contributed by atoms with Crippen LogP contribution in [0.4, 0.5) is 0 Å². The van der Waals surface area contributed by atoms with Gasteiger partial charge in [0.1, 0.15) is 23.2 Å². The fourth-order valence-corrected chi connectivity index (χ4v) is 5.05. The van der Waals surface area contributed by atoms with Gasteiger partial charge in [0.2, 0.25) is 5.91 Å². The van der Waals surface area contributed by atoms with Crippen LogP contribution in [0, 0.1) is 17.8 Å². The molecule has 2 aromatic heterocycles. The zero-order valence-electron chi connectivity index (χ0n) is 19.2. The molecule has 0 saturated heterocycles. The molecule has 0 unspecified atom stereocenters. The van der Waals surface area contributed by atoms with E-state index in [1.165, 1.54) is 13.3 Å². The number of carbonyl (C=O) groups excluding carboxylic acids is 1. The van der Waals surface area contributed by atoms with Crippen molar-refractivity contribution < 1.29 is 15.0 Å². The van der Waals surface area contributed by atoms with Crippen LogP contribution in [0.2, 0.25) is 5.15 Å². The summed E-state index contributed by atoms with van der Waals surface area (Å²) >= 11 is 6.16. The van der Waals surface area contributed by atoms with E-state index in [-0.39, 0.29) is 18.4 Å². The summed E-state index contributed by atoms with van der Waals surface area (Å²) in [6.45, 7) is 2.03. The summed E-state index contributed by atoms with van der Waals surface area (Å²) in [6, 6.07) is 15.5. The normalized spacial score (nSPS) is 21.7. The first-order chi connectivity index (χ1) is 16.9. The summed E-state index contributed by atoms with van der Waals surface area (Å²) in [5.74, 6) is 5.79. The Morgan fingerprint density at radius 3 is 2.74 bits per heavy atom. The number of rotatable bonds is 4. The van der Waals surface area contributed by atoms with Gasteiger partial charge in [0, 0.05) is 31.1 Å². The van der Waals surface area contributed by atoms with E-state index < -0.39 is 18.2 Å². The third kappa shape index (κ3) is 4.61. The highest BCUT2D eigenvalue weighted by Crippen LogP contribution is 2.38. The average Bonchev–Trinajstić information content (AvgIpc) is 3.40. The fourth-order valence-electron chi connectivity index (χ4n) is 4.86. The van der Waals surface area contributed by atoms with Crippen LogP contribution >= 0.6 is 11.6 Å². The molecule has 8 heteroatoms. The van der Waals surface area contributed by atoms with Gasteiger partial charge in [0.15, 0.2) is 0 Å². The number of aliphatic hydroxyl groups excluding tert-OH is 2. The topological polar surface area (TPSA) is 91.5 Å². The van der Waals surface area contributed by atoms with E-state index in [9.17, 15) is 15.0 Å². The Morgan fingerprint density at radius 1 is 1.14 bits per heavy atom. The van der Waals surface area contributed by atoms with Crippen molar-refractivity contribution in [2.45, 2.75) is 31.6 Å². The minimum Gasteiger partial charge on any atom is -0.390 e. The summed E-state index contributed by atoms with van der Waals surface area (Å²) in [7, 11) is 0. The monoisotopic (exact) mass is 488 g/mol. The Hall–Kier alpha value is -3.44. The van der Waals surface area contributed by atoms with Crippen molar-refractivity contribution in [2.75, 3.05) is 13.1 Å². The number of benzene rings is 2. The van der Waals surface area contributed by atoms with Crippen molar-refractivity contribution in [3.05, 3.63) is 71.8 Å². The fraction of sp³-hybridized carbons (Fsp3) is 0.296. The number of hydrogen-bond donors (Lipinski definition) is 2. The van der Waals surface area contributed by atoms with Gasteiger partial charge in [-0.15, -0.1) is 0 Å². The lowest BCUT2D eigenvalue weighted by Crippen LogP contribution is -2.38. The Kier molecular flexibility index (Phi) is 6.44. The van der Waals surface area contributed by atoms with Crippen molar-refractivity contribution in [1.29, 1.82) is 0 Å². The molecule has 35 heavy (non-hydrogen) atoms. The Morgan fingerprint density at radius 2 is 1.94 bits per heavy atom. The zero-order valence-corrected chi connectivity index (χ0v) is 19.9. The second kappa shape index (κ2) is 9.67. The van der Waals surface area contributed by atoms with E-state index in [1.54, 1.807) is 17.2 Å². The molecule has 4 aromatic rings. The number of hydrogen-bond acceptors (Lipinski definition) is 5. The number of amides is 1. The first kappa shape index (κ1) is 23.3. The number of fused-ring (bicyclic) bond motifs is 2. The number of halogens is 1. The summed E-state index contributed by atoms with van der Waals surface area (Å²) in [4.78, 5) is 22.2. The first-order valence-electron chi connectivity index (χ1n) is 11.5. The van der Waals surface area contributed by atoms with Crippen molar-refractivity contribution in [3.63, 3.8) is 0 Å². The van der Waals surface area contributed by atoms with Crippen LogP contribution in [0.25, 0.3) is 21.8 Å². The molecule has 0 spiro atoms. The smallest absolute Gasteiger partial charge is 0.220 e. The van der Waals surface area contributed by atoms with Gasteiger partial charge in [-0.2, -0.15) is 0 Å². The molecule has 1 saturated carbocycles. The van der Waals surface area contributed by atoms with Crippen LogP contribution in [-0.2, 0) is 4.79 Å². The van der Waals surface area contributed by atoms with E-state index in [4.69, 9.17) is 11.6 Å². The number of nitrogens with zero attached hydrogens (tertiary/aromatic N) is 4. The average molecular weight is 489 g/mol. The van der Waals surface area contributed by atoms with Crippen LogP contribution in [0.3, 0.4) is 0 Å². The molecule has 178 valence electrons. The molecular weight excluding hydrogens is 464 g/mol. The maximum Gasteiger partial charge on any atom is 0.220 e. The number of aliphatic hydroxyl groups is 2. The third-order valence-electron chi connectivity index (χ3n) is 6.74. The molecule has 7 nitrogen and oxygen atoms in total. The second-order valence-electron chi connectivity index (χ2n) is 8.93. The Bertz CT molecular complexity index is 1460. The van der Waals surface area contributed by atoms with Gasteiger partial charge in [-0.25, -0.2) is 9.97 Å². The van der Waals surface area contributed by atoms with Gasteiger partial charge < -0.3 is 19.7 Å². The van der Waals surface area contributed by atoms with Gasteiger partial charge in [-0.3, -0.25) is 4.79 Å². The molecule has 0 bridgehead atoms. The lowest BCUT2D eigenvalue weighted by atomic mass is 10.0. The molecule has 2 N–H and O–H groups in total. The molecule has 4 atom stereocenters. The lowest BCUT2D eigenvalue weighted by molar-refractivity contribution is -0.129.